The van der Waals surface area contributed by atoms with Crippen molar-refractivity contribution >= 4 is 22.9 Å². The van der Waals surface area contributed by atoms with Crippen LogP contribution in [0, 0.1) is 13.8 Å². The van der Waals surface area contributed by atoms with Crippen molar-refractivity contribution in [1.82, 2.24) is 5.32 Å². The predicted molar refractivity (Wildman–Crippen MR) is 83.3 cm³/mol. The molecule has 1 aromatic heterocycles. The highest BCUT2D eigenvalue weighted by Gasteiger charge is 2.27. The van der Waals surface area contributed by atoms with E-state index < -0.39 is 0 Å². The molecule has 3 nitrogen and oxygen atoms in total. The molecular weight excluding hydrogens is 268 g/mol. The Bertz CT molecular complexity index is 628. The maximum atomic E-state index is 12.3. The Balaban J connectivity index is 1.66. The minimum atomic E-state index is -0.0756. The standard InChI is InChI=1S/C16H18N2OS/c1-10-7-12(20-11(10)2)8-18-16(19)14-9-17-15-6-4-3-5-13(14)15/h3-7,14,17H,8-9H2,1-2H3,(H,18,19). The number of nitrogens with one attached hydrogen (secondary N) is 2. The summed E-state index contributed by atoms with van der Waals surface area (Å²) in [7, 11) is 0. The Hall–Kier alpha value is -1.81. The fourth-order valence-corrected chi connectivity index (χ4v) is 3.55. The van der Waals surface area contributed by atoms with Gasteiger partial charge < -0.3 is 10.6 Å². The second-order valence-corrected chi connectivity index (χ2v) is 6.53. The zero-order valence-electron chi connectivity index (χ0n) is 11.7. The molecule has 0 radical (unpaired) electrons. The average molecular weight is 286 g/mol. The highest BCUT2D eigenvalue weighted by Crippen LogP contribution is 2.31. The highest BCUT2D eigenvalue weighted by atomic mass is 32.1. The molecule has 1 aromatic carbocycles. The molecule has 2 heterocycles. The van der Waals surface area contributed by atoms with Crippen molar-refractivity contribution in [3.8, 4) is 0 Å². The van der Waals surface area contributed by atoms with Crippen molar-refractivity contribution in [3.05, 3.63) is 51.2 Å². The first kappa shape index (κ1) is 13.2. The zero-order valence-corrected chi connectivity index (χ0v) is 12.5. The van der Waals surface area contributed by atoms with Crippen LogP contribution < -0.4 is 10.6 Å². The van der Waals surface area contributed by atoms with Crippen LogP contribution in [0.15, 0.2) is 30.3 Å². The quantitative estimate of drug-likeness (QED) is 0.910. The van der Waals surface area contributed by atoms with Crippen LogP contribution in [0.3, 0.4) is 0 Å². The summed E-state index contributed by atoms with van der Waals surface area (Å²) in [4.78, 5) is 14.9. The van der Waals surface area contributed by atoms with E-state index in [2.05, 4.69) is 30.5 Å². The van der Waals surface area contributed by atoms with E-state index in [0.29, 0.717) is 13.1 Å². The molecule has 0 spiro atoms. The van der Waals surface area contributed by atoms with Crippen LogP contribution in [0.2, 0.25) is 0 Å². The number of rotatable bonds is 3. The second kappa shape index (κ2) is 5.29. The monoisotopic (exact) mass is 286 g/mol. The van der Waals surface area contributed by atoms with Crippen LogP contribution in [0.4, 0.5) is 5.69 Å². The van der Waals surface area contributed by atoms with Crippen LogP contribution in [-0.4, -0.2) is 12.5 Å². The van der Waals surface area contributed by atoms with E-state index in [0.717, 1.165) is 11.3 Å². The van der Waals surface area contributed by atoms with Gasteiger partial charge in [-0.3, -0.25) is 4.79 Å². The number of para-hydroxylation sites is 1. The molecule has 2 aromatic rings. The number of thiophene rings is 1. The van der Waals surface area contributed by atoms with Gasteiger partial charge in [-0.1, -0.05) is 18.2 Å². The molecule has 2 N–H and O–H groups in total. The highest BCUT2D eigenvalue weighted by molar-refractivity contribution is 7.12. The van der Waals surface area contributed by atoms with Gasteiger partial charge >= 0.3 is 0 Å². The number of hydrogen-bond donors (Lipinski definition) is 2. The van der Waals surface area contributed by atoms with Gasteiger partial charge in [-0.2, -0.15) is 0 Å². The van der Waals surface area contributed by atoms with Gasteiger partial charge in [-0.05, 0) is 37.1 Å². The number of amides is 1. The van der Waals surface area contributed by atoms with Crippen molar-refractivity contribution in [2.45, 2.75) is 26.3 Å². The lowest BCUT2D eigenvalue weighted by atomic mass is 10.0. The number of hydrogen-bond acceptors (Lipinski definition) is 3. The summed E-state index contributed by atoms with van der Waals surface area (Å²) in [6.07, 6.45) is 0. The van der Waals surface area contributed by atoms with Crippen molar-refractivity contribution in [3.63, 3.8) is 0 Å². The summed E-state index contributed by atoms with van der Waals surface area (Å²) in [5.41, 5.74) is 3.48. The second-order valence-electron chi connectivity index (χ2n) is 5.19. The van der Waals surface area contributed by atoms with Gasteiger partial charge in [-0.15, -0.1) is 11.3 Å². The number of carbonyl (C=O) groups is 1. The molecule has 20 heavy (non-hydrogen) atoms. The topological polar surface area (TPSA) is 41.1 Å². The fourth-order valence-electron chi connectivity index (χ4n) is 2.55. The number of benzene rings is 1. The van der Waals surface area contributed by atoms with E-state index in [1.807, 2.05) is 24.3 Å². The van der Waals surface area contributed by atoms with Crippen LogP contribution in [0.5, 0.6) is 0 Å². The maximum absolute atomic E-state index is 12.3. The number of aryl methyl sites for hydroxylation is 2. The van der Waals surface area contributed by atoms with Crippen LogP contribution in [0.1, 0.15) is 26.8 Å². The molecule has 4 heteroatoms. The van der Waals surface area contributed by atoms with Crippen molar-refractivity contribution in [1.29, 1.82) is 0 Å². The Morgan fingerprint density at radius 2 is 2.20 bits per heavy atom. The summed E-state index contributed by atoms with van der Waals surface area (Å²) >= 11 is 1.75. The molecule has 3 rings (SSSR count). The van der Waals surface area contributed by atoms with Crippen LogP contribution in [0.25, 0.3) is 0 Å². The minimum absolute atomic E-state index is 0.0756. The molecule has 1 atom stereocenters. The summed E-state index contributed by atoms with van der Waals surface area (Å²) in [6, 6.07) is 10.2. The van der Waals surface area contributed by atoms with Gasteiger partial charge in [0, 0.05) is 22.0 Å². The van der Waals surface area contributed by atoms with Gasteiger partial charge in [0.15, 0.2) is 0 Å². The Morgan fingerprint density at radius 1 is 1.40 bits per heavy atom. The Labute approximate surface area is 123 Å². The normalized spacial score (nSPS) is 16.6. The van der Waals surface area contributed by atoms with E-state index in [1.165, 1.54) is 15.3 Å². The average Bonchev–Trinajstić information content (AvgIpc) is 3.00. The third-order valence-corrected chi connectivity index (χ3v) is 4.96. The lowest BCUT2D eigenvalue weighted by molar-refractivity contribution is -0.122. The molecule has 0 bridgehead atoms. The van der Waals surface area contributed by atoms with Gasteiger partial charge in [0.2, 0.25) is 5.91 Å². The molecule has 0 fully saturated rings. The van der Waals surface area contributed by atoms with Gasteiger partial charge in [0.05, 0.1) is 12.5 Å². The van der Waals surface area contributed by atoms with Crippen molar-refractivity contribution < 1.29 is 4.79 Å². The molecule has 0 saturated heterocycles. The van der Waals surface area contributed by atoms with Crippen molar-refractivity contribution in [2.24, 2.45) is 0 Å². The zero-order chi connectivity index (χ0) is 14.1. The van der Waals surface area contributed by atoms with Gasteiger partial charge in [-0.25, -0.2) is 0 Å². The first-order chi connectivity index (χ1) is 9.65. The number of carbonyl (C=O) groups excluding carboxylic acids is 1. The fraction of sp³-hybridized carbons (Fsp3) is 0.312. The third-order valence-electron chi connectivity index (χ3n) is 3.80. The van der Waals surface area contributed by atoms with Gasteiger partial charge in [0.1, 0.15) is 0 Å². The predicted octanol–water partition coefficient (Wildman–Crippen LogP) is 3.19. The van der Waals surface area contributed by atoms with E-state index in [-0.39, 0.29) is 11.8 Å². The molecular formula is C16H18N2OS. The minimum Gasteiger partial charge on any atom is -0.384 e. The van der Waals surface area contributed by atoms with Gasteiger partial charge in [0.25, 0.3) is 0 Å². The lowest BCUT2D eigenvalue weighted by Crippen LogP contribution is -2.29. The maximum Gasteiger partial charge on any atom is 0.229 e. The molecule has 1 aliphatic heterocycles. The van der Waals surface area contributed by atoms with Crippen molar-refractivity contribution in [2.75, 3.05) is 11.9 Å². The molecule has 0 saturated carbocycles. The van der Waals surface area contributed by atoms with E-state index in [4.69, 9.17) is 0 Å². The first-order valence-corrected chi connectivity index (χ1v) is 7.63. The number of fused-ring (bicyclic) bond motifs is 1. The third kappa shape index (κ3) is 2.43. The van der Waals surface area contributed by atoms with E-state index in [1.54, 1.807) is 11.3 Å². The summed E-state index contributed by atoms with van der Waals surface area (Å²) in [6.45, 7) is 5.53. The molecule has 1 amide bonds. The van der Waals surface area contributed by atoms with Crippen LogP contribution >= 0.6 is 11.3 Å². The summed E-state index contributed by atoms with van der Waals surface area (Å²) < 4.78 is 0. The van der Waals surface area contributed by atoms with E-state index >= 15 is 0 Å². The largest absolute Gasteiger partial charge is 0.384 e. The molecule has 1 unspecified atom stereocenters. The first-order valence-electron chi connectivity index (χ1n) is 6.81. The summed E-state index contributed by atoms with van der Waals surface area (Å²) in [5, 5.41) is 6.34. The summed E-state index contributed by atoms with van der Waals surface area (Å²) in [5.74, 6) is 0.0273. The lowest BCUT2D eigenvalue weighted by Gasteiger charge is -2.10. The molecule has 104 valence electrons. The molecule has 0 aliphatic carbocycles. The van der Waals surface area contributed by atoms with Crippen LogP contribution in [-0.2, 0) is 11.3 Å². The van der Waals surface area contributed by atoms with E-state index in [9.17, 15) is 4.79 Å². The Morgan fingerprint density at radius 3 is 2.95 bits per heavy atom. The molecule has 1 aliphatic rings. The number of anilines is 1. The smallest absolute Gasteiger partial charge is 0.229 e. The SMILES string of the molecule is Cc1cc(CNC(=O)C2CNc3ccccc32)sc1C. The Kier molecular flexibility index (Phi) is 3.49.